The number of amides is 2. The van der Waals surface area contributed by atoms with Gasteiger partial charge in [-0.3, -0.25) is 24.4 Å². The first-order valence-corrected chi connectivity index (χ1v) is 11.9. The molecule has 2 N–H and O–H groups in total. The molecule has 2 aliphatic carbocycles. The van der Waals surface area contributed by atoms with Crippen molar-refractivity contribution in [1.82, 2.24) is 20.4 Å². The van der Waals surface area contributed by atoms with Crippen LogP contribution in [0, 0.1) is 23.7 Å². The van der Waals surface area contributed by atoms with E-state index in [1.807, 2.05) is 12.1 Å². The van der Waals surface area contributed by atoms with Crippen molar-refractivity contribution < 1.29 is 14.0 Å². The lowest BCUT2D eigenvalue weighted by Crippen LogP contribution is -2.46. The van der Waals surface area contributed by atoms with Crippen LogP contribution in [0.5, 0.6) is 0 Å². The highest BCUT2D eigenvalue weighted by atomic mass is 16.3. The van der Waals surface area contributed by atoms with Crippen LogP contribution >= 0.6 is 0 Å². The molecule has 0 spiro atoms. The van der Waals surface area contributed by atoms with Crippen molar-refractivity contribution in [1.29, 1.82) is 0 Å². The van der Waals surface area contributed by atoms with Gasteiger partial charge in [0.25, 0.3) is 0 Å². The third-order valence-corrected chi connectivity index (χ3v) is 7.58. The van der Waals surface area contributed by atoms with E-state index in [4.69, 9.17) is 4.42 Å². The average molecular weight is 440 g/mol. The Labute approximate surface area is 189 Å². The predicted octanol–water partition coefficient (Wildman–Crippen LogP) is 1.78. The Kier molecular flexibility index (Phi) is 6.04. The first kappa shape index (κ1) is 21.2. The summed E-state index contributed by atoms with van der Waals surface area (Å²) in [5.41, 5.74) is 0. The van der Waals surface area contributed by atoms with E-state index in [9.17, 15) is 9.59 Å². The van der Waals surface area contributed by atoms with E-state index >= 15 is 0 Å². The molecule has 3 heterocycles. The van der Waals surface area contributed by atoms with E-state index in [1.165, 1.54) is 24.2 Å². The Bertz CT molecular complexity index is 859. The van der Waals surface area contributed by atoms with Gasteiger partial charge in [-0.15, -0.1) is 0 Å². The van der Waals surface area contributed by atoms with Gasteiger partial charge in [-0.2, -0.15) is 0 Å². The number of furan rings is 1. The maximum Gasteiger partial charge on any atom is 0.233 e. The van der Waals surface area contributed by atoms with Crippen molar-refractivity contribution in [2.24, 2.45) is 28.7 Å². The summed E-state index contributed by atoms with van der Waals surface area (Å²) in [6.07, 6.45) is 10.6. The first-order chi connectivity index (χ1) is 15.7. The van der Waals surface area contributed by atoms with Crippen molar-refractivity contribution in [3.63, 3.8) is 0 Å². The number of hydrogen-bond acceptors (Lipinski definition) is 5. The van der Waals surface area contributed by atoms with E-state index < -0.39 is 0 Å². The molecule has 1 aromatic rings. The van der Waals surface area contributed by atoms with Crippen LogP contribution in [0.1, 0.15) is 37.5 Å². The number of fused-ring (bicyclic) bond motifs is 5. The summed E-state index contributed by atoms with van der Waals surface area (Å²) in [5, 5.41) is 6.68. The molecule has 5 atom stereocenters. The quantitative estimate of drug-likeness (QED) is 0.291. The van der Waals surface area contributed by atoms with E-state index in [2.05, 4.69) is 32.7 Å². The van der Waals surface area contributed by atoms with Crippen LogP contribution in [0.25, 0.3) is 0 Å². The summed E-state index contributed by atoms with van der Waals surface area (Å²) >= 11 is 0. The number of carbonyl (C=O) groups excluding carboxylic acids is 2. The molecule has 5 unspecified atom stereocenters. The van der Waals surface area contributed by atoms with Gasteiger partial charge in [0.05, 0.1) is 24.1 Å². The molecule has 4 aliphatic rings. The number of aliphatic imine (C=N–C) groups is 1. The van der Waals surface area contributed by atoms with Crippen molar-refractivity contribution in [2.45, 2.75) is 31.7 Å². The number of nitrogens with one attached hydrogen (secondary N) is 2. The molecule has 8 nitrogen and oxygen atoms in total. The Balaban J connectivity index is 1.13. The molecule has 0 aromatic carbocycles. The largest absolute Gasteiger partial charge is 0.468 e. The average Bonchev–Trinajstić information content (AvgIpc) is 3.61. The van der Waals surface area contributed by atoms with Gasteiger partial charge in [-0.1, -0.05) is 18.6 Å². The molecule has 2 amide bonds. The number of nitrogens with zero attached hydrogens (tertiary/aromatic N) is 3. The topological polar surface area (TPSA) is 90.2 Å². The highest BCUT2D eigenvalue weighted by Gasteiger charge is 2.58. The van der Waals surface area contributed by atoms with Crippen molar-refractivity contribution in [3.8, 4) is 0 Å². The number of likely N-dealkylation sites (tertiary alicyclic amines) is 2. The van der Waals surface area contributed by atoms with Gasteiger partial charge in [-0.05, 0) is 56.3 Å². The standard InChI is InChI=1S/C24H33N5O3/c1-25-24(27-15-18(19-6-5-13-32-19)28-10-3-2-4-11-28)26-9-12-29-22(30)20-16-7-8-17(14-16)21(20)23(29)31/h5-8,13,16-18,20-21H,2-4,9-12,14-15H2,1H3,(H2,25,26,27). The number of allylic oxidation sites excluding steroid dienone is 2. The normalized spacial score (nSPS) is 30.8. The second-order valence-corrected chi connectivity index (χ2v) is 9.34. The van der Waals surface area contributed by atoms with Crippen LogP contribution in [-0.4, -0.2) is 67.3 Å². The first-order valence-electron chi connectivity index (χ1n) is 11.9. The molecule has 2 aliphatic heterocycles. The molecule has 0 radical (unpaired) electrons. The van der Waals surface area contributed by atoms with Gasteiger partial charge in [0.1, 0.15) is 5.76 Å². The molecule has 3 fully saturated rings. The van der Waals surface area contributed by atoms with Gasteiger partial charge in [-0.25, -0.2) is 0 Å². The zero-order valence-electron chi connectivity index (χ0n) is 18.7. The maximum atomic E-state index is 12.8. The number of guanidine groups is 1. The Morgan fingerprint density at radius 3 is 2.47 bits per heavy atom. The summed E-state index contributed by atoms with van der Waals surface area (Å²) in [6.45, 7) is 3.66. The lowest BCUT2D eigenvalue weighted by molar-refractivity contribution is -0.140. The maximum absolute atomic E-state index is 12.8. The lowest BCUT2D eigenvalue weighted by Gasteiger charge is -2.33. The minimum Gasteiger partial charge on any atom is -0.468 e. The van der Waals surface area contributed by atoms with Crippen LogP contribution in [0.15, 0.2) is 40.0 Å². The van der Waals surface area contributed by atoms with Crippen LogP contribution in [0.4, 0.5) is 0 Å². The predicted molar refractivity (Wildman–Crippen MR) is 121 cm³/mol. The van der Waals surface area contributed by atoms with E-state index in [1.54, 1.807) is 13.3 Å². The molecule has 172 valence electrons. The minimum absolute atomic E-state index is 0.00424. The number of hydrogen-bond donors (Lipinski definition) is 2. The smallest absolute Gasteiger partial charge is 0.233 e. The van der Waals surface area contributed by atoms with Gasteiger partial charge in [0.15, 0.2) is 5.96 Å². The highest BCUT2D eigenvalue weighted by Crippen LogP contribution is 2.52. The Morgan fingerprint density at radius 1 is 1.12 bits per heavy atom. The number of piperidine rings is 1. The fourth-order valence-corrected chi connectivity index (χ4v) is 6.01. The zero-order chi connectivity index (χ0) is 22.1. The minimum atomic E-state index is -0.131. The Morgan fingerprint density at radius 2 is 1.84 bits per heavy atom. The third-order valence-electron chi connectivity index (χ3n) is 7.58. The summed E-state index contributed by atoms with van der Waals surface area (Å²) in [7, 11) is 1.73. The van der Waals surface area contributed by atoms with E-state index in [-0.39, 0.29) is 41.5 Å². The number of rotatable bonds is 7. The van der Waals surface area contributed by atoms with Gasteiger partial charge in [0, 0.05) is 26.7 Å². The number of imide groups is 1. The molecular weight excluding hydrogens is 406 g/mol. The zero-order valence-corrected chi connectivity index (χ0v) is 18.7. The monoisotopic (exact) mass is 439 g/mol. The van der Waals surface area contributed by atoms with Crippen molar-refractivity contribution >= 4 is 17.8 Å². The second kappa shape index (κ2) is 9.10. The number of carbonyl (C=O) groups is 2. The summed E-state index contributed by atoms with van der Waals surface area (Å²) in [5.74, 6) is 1.87. The van der Waals surface area contributed by atoms with Crippen LogP contribution in [0.2, 0.25) is 0 Å². The molecule has 1 saturated carbocycles. The van der Waals surface area contributed by atoms with E-state index in [0.717, 1.165) is 25.3 Å². The summed E-state index contributed by atoms with van der Waals surface area (Å²) < 4.78 is 5.72. The van der Waals surface area contributed by atoms with Crippen LogP contribution < -0.4 is 10.6 Å². The van der Waals surface area contributed by atoms with Crippen LogP contribution in [0.3, 0.4) is 0 Å². The molecule has 1 aromatic heterocycles. The second-order valence-electron chi connectivity index (χ2n) is 9.34. The lowest BCUT2D eigenvalue weighted by atomic mass is 9.85. The molecule has 5 rings (SSSR count). The molecule has 2 bridgehead atoms. The highest BCUT2D eigenvalue weighted by molar-refractivity contribution is 6.06. The fraction of sp³-hybridized carbons (Fsp3) is 0.625. The summed E-state index contributed by atoms with van der Waals surface area (Å²) in [6, 6.07) is 4.11. The van der Waals surface area contributed by atoms with Gasteiger partial charge >= 0.3 is 0 Å². The van der Waals surface area contributed by atoms with E-state index in [0.29, 0.717) is 25.6 Å². The molecule has 32 heavy (non-hydrogen) atoms. The van der Waals surface area contributed by atoms with Gasteiger partial charge < -0.3 is 15.1 Å². The van der Waals surface area contributed by atoms with Crippen molar-refractivity contribution in [2.75, 3.05) is 39.8 Å². The molecule has 2 saturated heterocycles. The van der Waals surface area contributed by atoms with Gasteiger partial charge in [0.2, 0.25) is 11.8 Å². The summed E-state index contributed by atoms with van der Waals surface area (Å²) in [4.78, 5) is 33.9. The third kappa shape index (κ3) is 3.85. The Hall–Kier alpha value is -2.61. The molecular formula is C24H33N5O3. The molecule has 8 heteroatoms. The SMILES string of the molecule is CN=C(NCCN1C(=O)C2C3C=CC(C3)C2C1=O)NCC(c1ccco1)N1CCCCC1. The van der Waals surface area contributed by atoms with Crippen LogP contribution in [-0.2, 0) is 9.59 Å². The fourth-order valence-electron chi connectivity index (χ4n) is 6.01. The van der Waals surface area contributed by atoms with Crippen molar-refractivity contribution in [3.05, 3.63) is 36.3 Å².